The Hall–Kier alpha value is -3.67. The summed E-state index contributed by atoms with van der Waals surface area (Å²) in [7, 11) is 1.20. The van der Waals surface area contributed by atoms with E-state index in [0.29, 0.717) is 19.2 Å². The third kappa shape index (κ3) is 3.87. The van der Waals surface area contributed by atoms with E-state index in [1.165, 1.54) is 23.3 Å². The summed E-state index contributed by atoms with van der Waals surface area (Å²) in [5.41, 5.74) is -3.56. The lowest BCUT2D eigenvalue weighted by atomic mass is 10.0. The first kappa shape index (κ1) is 23.1. The van der Waals surface area contributed by atoms with E-state index in [4.69, 9.17) is 0 Å². The summed E-state index contributed by atoms with van der Waals surface area (Å²) >= 11 is 1.48. The molecule has 1 saturated heterocycles. The molecule has 1 N–H and O–H groups in total. The van der Waals surface area contributed by atoms with Crippen molar-refractivity contribution in [2.75, 3.05) is 36.0 Å². The predicted octanol–water partition coefficient (Wildman–Crippen LogP) is 4.33. The van der Waals surface area contributed by atoms with Gasteiger partial charge in [0.2, 0.25) is 5.43 Å². The lowest BCUT2D eigenvalue weighted by Crippen LogP contribution is -2.47. The number of nitrogens with zero attached hydrogens (tertiary/aromatic N) is 4. The molecule has 0 amide bonds. The molecular formula is C23H18F4N4O3S. The fourth-order valence-corrected chi connectivity index (χ4v) is 5.49. The molecule has 1 aliphatic rings. The molecule has 0 radical (unpaired) electrons. The van der Waals surface area contributed by atoms with Gasteiger partial charge in [0.1, 0.15) is 16.9 Å². The topological polar surface area (TPSA) is 78.7 Å². The Balaban J connectivity index is 1.57. The van der Waals surface area contributed by atoms with E-state index in [2.05, 4.69) is 4.98 Å². The first-order chi connectivity index (χ1) is 16.6. The second kappa shape index (κ2) is 8.22. The van der Waals surface area contributed by atoms with Gasteiger partial charge in [0.25, 0.3) is 0 Å². The first-order valence-corrected chi connectivity index (χ1v) is 11.4. The normalized spacial score (nSPS) is 14.8. The van der Waals surface area contributed by atoms with Crippen LogP contribution in [0.1, 0.15) is 15.9 Å². The van der Waals surface area contributed by atoms with E-state index >= 15 is 4.39 Å². The maximum Gasteiger partial charge on any atom is 0.420 e. The van der Waals surface area contributed by atoms with Gasteiger partial charge in [0.05, 0.1) is 26.8 Å². The molecule has 12 heteroatoms. The Morgan fingerprint density at radius 1 is 1.11 bits per heavy atom. The molecule has 0 saturated carbocycles. The van der Waals surface area contributed by atoms with Crippen molar-refractivity contribution < 1.29 is 27.5 Å². The average Bonchev–Trinajstić information content (AvgIpc) is 3.24. The highest BCUT2D eigenvalue weighted by Gasteiger charge is 2.41. The highest BCUT2D eigenvalue weighted by atomic mass is 32.1. The second-order valence-electron chi connectivity index (χ2n) is 8.20. The van der Waals surface area contributed by atoms with E-state index in [-0.39, 0.29) is 13.1 Å². The molecule has 0 aliphatic carbocycles. The summed E-state index contributed by atoms with van der Waals surface area (Å²) in [5, 5.41) is 9.33. The number of fused-ring (bicyclic) bond motifs is 2. The number of carbonyl (C=O) groups is 1. The SMILES string of the molecule is Cn1cc(C(=O)O)c(=O)c2cc(F)c(N3CCN(c4nc5ccccc5s4)CC3)c(C(F)(F)F)c21. The van der Waals surface area contributed by atoms with Crippen LogP contribution in [0.3, 0.4) is 0 Å². The van der Waals surface area contributed by atoms with E-state index < -0.39 is 51.1 Å². The number of aryl methyl sites for hydroxylation is 1. The number of carboxylic acid groups (broad SMARTS) is 1. The standard InChI is InChI=1S/C23H18F4N4O3S/c1-29-11-13(21(33)34)20(32)12-10-14(24)19(17(18(12)29)23(25,26)27)30-6-8-31(9-7-30)22-28-15-4-2-3-5-16(15)35-22/h2-5,10-11H,6-9H2,1H3,(H,33,34). The Morgan fingerprint density at radius 3 is 2.40 bits per heavy atom. The van der Waals surface area contributed by atoms with Crippen LogP contribution in [0.5, 0.6) is 0 Å². The van der Waals surface area contributed by atoms with Crippen LogP contribution in [0.4, 0.5) is 28.4 Å². The third-order valence-corrected chi connectivity index (χ3v) is 7.15. The van der Waals surface area contributed by atoms with Crippen LogP contribution in [0.15, 0.2) is 41.3 Å². The molecule has 1 fully saturated rings. The smallest absolute Gasteiger partial charge is 0.420 e. The number of benzene rings is 2. The Morgan fingerprint density at radius 2 is 1.77 bits per heavy atom. The number of alkyl halides is 3. The van der Waals surface area contributed by atoms with Crippen molar-refractivity contribution in [3.63, 3.8) is 0 Å². The monoisotopic (exact) mass is 506 g/mol. The van der Waals surface area contributed by atoms with Crippen LogP contribution in [-0.4, -0.2) is 46.8 Å². The minimum Gasteiger partial charge on any atom is -0.477 e. The predicted molar refractivity (Wildman–Crippen MR) is 125 cm³/mol. The Labute approximate surface area is 199 Å². The van der Waals surface area contributed by atoms with Crippen LogP contribution in [0.25, 0.3) is 21.1 Å². The molecule has 182 valence electrons. The van der Waals surface area contributed by atoms with Crippen molar-refractivity contribution in [3.05, 3.63) is 63.7 Å². The molecule has 1 aliphatic heterocycles. The zero-order chi connectivity index (χ0) is 25.1. The quantitative estimate of drug-likeness (QED) is 0.417. The lowest BCUT2D eigenvalue weighted by Gasteiger charge is -2.37. The molecule has 0 spiro atoms. The summed E-state index contributed by atoms with van der Waals surface area (Å²) in [6.45, 7) is 0.849. The van der Waals surface area contributed by atoms with Crippen LogP contribution >= 0.6 is 11.3 Å². The molecule has 0 unspecified atom stereocenters. The van der Waals surface area contributed by atoms with Crippen molar-refractivity contribution >= 4 is 49.2 Å². The van der Waals surface area contributed by atoms with Gasteiger partial charge in [-0.05, 0) is 18.2 Å². The number of carboxylic acids is 1. The van der Waals surface area contributed by atoms with Gasteiger partial charge >= 0.3 is 12.1 Å². The molecular weight excluding hydrogens is 488 g/mol. The maximum absolute atomic E-state index is 15.2. The number of piperazine rings is 1. The molecule has 0 atom stereocenters. The van der Waals surface area contributed by atoms with Gasteiger partial charge in [-0.3, -0.25) is 4.79 Å². The van der Waals surface area contributed by atoms with Crippen LogP contribution in [0.2, 0.25) is 0 Å². The molecule has 7 nitrogen and oxygen atoms in total. The third-order valence-electron chi connectivity index (χ3n) is 6.05. The van der Waals surface area contributed by atoms with E-state index in [1.807, 2.05) is 29.2 Å². The number of thiazole rings is 1. The Bertz CT molecular complexity index is 1510. The van der Waals surface area contributed by atoms with Crippen molar-refractivity contribution in [1.29, 1.82) is 0 Å². The van der Waals surface area contributed by atoms with Gasteiger partial charge in [0.15, 0.2) is 5.13 Å². The number of aromatic nitrogens is 2. The average molecular weight is 506 g/mol. The van der Waals surface area contributed by atoms with Gasteiger partial charge in [-0.15, -0.1) is 0 Å². The van der Waals surface area contributed by atoms with Crippen molar-refractivity contribution in [1.82, 2.24) is 9.55 Å². The van der Waals surface area contributed by atoms with Gasteiger partial charge in [-0.2, -0.15) is 13.2 Å². The zero-order valence-corrected chi connectivity index (χ0v) is 19.1. The number of aromatic carboxylic acids is 1. The lowest BCUT2D eigenvalue weighted by molar-refractivity contribution is -0.136. The van der Waals surface area contributed by atoms with Crippen LogP contribution < -0.4 is 15.2 Å². The first-order valence-electron chi connectivity index (χ1n) is 10.6. The number of hydrogen-bond donors (Lipinski definition) is 1. The fraction of sp³-hybridized carbons (Fsp3) is 0.261. The molecule has 0 bridgehead atoms. The van der Waals surface area contributed by atoms with Crippen molar-refractivity contribution in [3.8, 4) is 0 Å². The van der Waals surface area contributed by atoms with Gasteiger partial charge < -0.3 is 19.5 Å². The highest BCUT2D eigenvalue weighted by Crippen LogP contribution is 2.43. The summed E-state index contributed by atoms with van der Waals surface area (Å²) < 4.78 is 60.1. The molecule has 35 heavy (non-hydrogen) atoms. The summed E-state index contributed by atoms with van der Waals surface area (Å²) in [4.78, 5) is 31.8. The van der Waals surface area contributed by atoms with Crippen LogP contribution in [-0.2, 0) is 13.2 Å². The molecule has 2 aromatic heterocycles. The minimum absolute atomic E-state index is 0.0998. The van der Waals surface area contributed by atoms with E-state index in [9.17, 15) is 27.9 Å². The van der Waals surface area contributed by atoms with Gasteiger partial charge in [-0.25, -0.2) is 14.2 Å². The summed E-state index contributed by atoms with van der Waals surface area (Å²) in [6, 6.07) is 8.29. The fourth-order valence-electron chi connectivity index (χ4n) is 4.48. The molecule has 4 aromatic rings. The maximum atomic E-state index is 15.2. The number of pyridine rings is 1. The number of para-hydroxylation sites is 1. The minimum atomic E-state index is -4.99. The van der Waals surface area contributed by atoms with Gasteiger partial charge in [0, 0.05) is 39.4 Å². The Kier molecular flexibility index (Phi) is 5.42. The zero-order valence-electron chi connectivity index (χ0n) is 18.3. The highest BCUT2D eigenvalue weighted by molar-refractivity contribution is 7.22. The largest absolute Gasteiger partial charge is 0.477 e. The molecule has 5 rings (SSSR count). The van der Waals surface area contributed by atoms with Gasteiger partial charge in [-0.1, -0.05) is 23.5 Å². The second-order valence-corrected chi connectivity index (χ2v) is 9.21. The van der Waals surface area contributed by atoms with Crippen molar-refractivity contribution in [2.45, 2.75) is 6.18 Å². The number of halogens is 4. The number of anilines is 2. The summed E-state index contributed by atoms with van der Waals surface area (Å²) in [6.07, 6.45) is -4.16. The molecule has 2 aromatic carbocycles. The van der Waals surface area contributed by atoms with Crippen molar-refractivity contribution in [2.24, 2.45) is 7.05 Å². The molecule has 3 heterocycles. The van der Waals surface area contributed by atoms with E-state index in [0.717, 1.165) is 26.1 Å². The van der Waals surface area contributed by atoms with Crippen LogP contribution in [0, 0.1) is 5.82 Å². The van der Waals surface area contributed by atoms with E-state index in [1.54, 1.807) is 0 Å². The number of hydrogen-bond acceptors (Lipinski definition) is 6. The number of rotatable bonds is 3. The summed E-state index contributed by atoms with van der Waals surface area (Å²) in [5.74, 6) is -2.82.